The topological polar surface area (TPSA) is 56.8 Å². The fourth-order valence-electron chi connectivity index (χ4n) is 3.28. The van der Waals surface area contributed by atoms with E-state index >= 15 is 0 Å². The van der Waals surface area contributed by atoms with Crippen molar-refractivity contribution in [3.63, 3.8) is 0 Å². The van der Waals surface area contributed by atoms with E-state index in [9.17, 15) is 4.79 Å². The molecule has 0 atom stereocenters. The van der Waals surface area contributed by atoms with Crippen molar-refractivity contribution in [1.29, 1.82) is 0 Å². The first kappa shape index (κ1) is 21.1. The van der Waals surface area contributed by atoms with Crippen LogP contribution < -0.4 is 10.9 Å². The van der Waals surface area contributed by atoms with Crippen LogP contribution in [0.1, 0.15) is 31.9 Å². The van der Waals surface area contributed by atoms with E-state index < -0.39 is 5.60 Å². The number of hydrazine groups is 1. The zero-order valence-electron chi connectivity index (χ0n) is 17.6. The third kappa shape index (κ3) is 7.07. The molecule has 29 heavy (non-hydrogen) atoms. The molecule has 1 heterocycles. The van der Waals surface area contributed by atoms with E-state index in [1.54, 1.807) is 4.90 Å². The van der Waals surface area contributed by atoms with E-state index in [2.05, 4.69) is 40.0 Å². The van der Waals surface area contributed by atoms with Crippen LogP contribution >= 0.6 is 0 Å². The number of amides is 1. The molecule has 6 nitrogen and oxygen atoms in total. The molecule has 0 radical (unpaired) electrons. The van der Waals surface area contributed by atoms with Gasteiger partial charge in [0.2, 0.25) is 0 Å². The van der Waals surface area contributed by atoms with Gasteiger partial charge in [-0.15, -0.1) is 0 Å². The Morgan fingerprint density at radius 2 is 1.66 bits per heavy atom. The van der Waals surface area contributed by atoms with Gasteiger partial charge in [0, 0.05) is 45.0 Å². The van der Waals surface area contributed by atoms with Crippen LogP contribution in [0.3, 0.4) is 0 Å². The average Bonchev–Trinajstić information content (AvgIpc) is 2.68. The van der Waals surface area contributed by atoms with Crippen molar-refractivity contribution in [3.05, 3.63) is 65.7 Å². The fourth-order valence-corrected chi connectivity index (χ4v) is 3.28. The van der Waals surface area contributed by atoms with Gasteiger partial charge in [0.05, 0.1) is 0 Å². The number of hydrogen-bond donors (Lipinski definition) is 2. The number of nitrogens with zero attached hydrogens (tertiary/aromatic N) is 2. The highest BCUT2D eigenvalue weighted by Crippen LogP contribution is 2.14. The predicted molar refractivity (Wildman–Crippen MR) is 116 cm³/mol. The second kappa shape index (κ2) is 9.76. The van der Waals surface area contributed by atoms with Gasteiger partial charge in [-0.3, -0.25) is 4.90 Å². The highest BCUT2D eigenvalue weighted by Gasteiger charge is 2.25. The summed E-state index contributed by atoms with van der Waals surface area (Å²) >= 11 is 0. The minimum absolute atomic E-state index is 0.212. The molecule has 0 saturated carbocycles. The quantitative estimate of drug-likeness (QED) is 0.727. The van der Waals surface area contributed by atoms with Crippen LogP contribution in [-0.4, -0.2) is 47.7 Å². The molecule has 3 rings (SSSR count). The standard InChI is InChI=1S/C23H32N4O2/c1-23(2,3)29-22(28)27-14-12-26(13-15-27)18-20-9-7-8-19(16-20)17-24-25-21-10-5-4-6-11-21/h4-11,16,24-25H,12-15,17-18H2,1-3H3. The van der Waals surface area contributed by atoms with E-state index in [1.165, 1.54) is 11.1 Å². The van der Waals surface area contributed by atoms with Crippen LogP contribution in [0.15, 0.2) is 54.6 Å². The summed E-state index contributed by atoms with van der Waals surface area (Å²) in [6, 6.07) is 18.7. The first-order valence-corrected chi connectivity index (χ1v) is 10.2. The van der Waals surface area contributed by atoms with Crippen LogP contribution in [0, 0.1) is 0 Å². The molecule has 1 aliphatic rings. The summed E-state index contributed by atoms with van der Waals surface area (Å²) in [4.78, 5) is 16.4. The third-order valence-corrected chi connectivity index (χ3v) is 4.72. The Morgan fingerprint density at radius 3 is 2.34 bits per heavy atom. The lowest BCUT2D eigenvalue weighted by atomic mass is 10.1. The van der Waals surface area contributed by atoms with Crippen LogP contribution in [0.4, 0.5) is 10.5 Å². The van der Waals surface area contributed by atoms with Gasteiger partial charge in [0.25, 0.3) is 0 Å². The molecular weight excluding hydrogens is 364 g/mol. The minimum atomic E-state index is -0.446. The Kier molecular flexibility index (Phi) is 7.12. The Labute approximate surface area is 173 Å². The summed E-state index contributed by atoms with van der Waals surface area (Å²) in [6.07, 6.45) is -0.212. The molecule has 0 bridgehead atoms. The summed E-state index contributed by atoms with van der Waals surface area (Å²) in [5.41, 5.74) is 9.60. The summed E-state index contributed by atoms with van der Waals surface area (Å²) < 4.78 is 5.47. The van der Waals surface area contributed by atoms with Crippen LogP contribution in [0.5, 0.6) is 0 Å². The maximum atomic E-state index is 12.2. The van der Waals surface area contributed by atoms with Gasteiger partial charge in [-0.25, -0.2) is 10.2 Å². The number of ether oxygens (including phenoxy) is 1. The van der Waals surface area contributed by atoms with Crippen molar-refractivity contribution in [2.75, 3.05) is 31.6 Å². The molecule has 2 aromatic carbocycles. The van der Waals surface area contributed by atoms with Gasteiger partial charge in [0.15, 0.2) is 0 Å². The number of anilines is 1. The SMILES string of the molecule is CC(C)(C)OC(=O)N1CCN(Cc2cccc(CNNc3ccccc3)c2)CC1. The van der Waals surface area contributed by atoms with Crippen LogP contribution in [0.25, 0.3) is 0 Å². The zero-order valence-corrected chi connectivity index (χ0v) is 17.6. The van der Waals surface area contributed by atoms with Gasteiger partial charge in [-0.1, -0.05) is 42.5 Å². The van der Waals surface area contributed by atoms with E-state index in [0.29, 0.717) is 13.1 Å². The van der Waals surface area contributed by atoms with E-state index in [1.807, 2.05) is 51.1 Å². The normalized spacial score (nSPS) is 15.2. The summed E-state index contributed by atoms with van der Waals surface area (Å²) in [5, 5.41) is 0. The number of carbonyl (C=O) groups is 1. The molecule has 0 aliphatic carbocycles. The smallest absolute Gasteiger partial charge is 0.410 e. The minimum Gasteiger partial charge on any atom is -0.444 e. The number of carbonyl (C=O) groups excluding carboxylic acids is 1. The maximum absolute atomic E-state index is 12.2. The number of benzene rings is 2. The monoisotopic (exact) mass is 396 g/mol. The Morgan fingerprint density at radius 1 is 0.966 bits per heavy atom. The molecule has 0 spiro atoms. The molecule has 2 N–H and O–H groups in total. The molecule has 2 aromatic rings. The molecule has 6 heteroatoms. The molecule has 0 unspecified atom stereocenters. The Bertz CT molecular complexity index is 781. The van der Waals surface area contributed by atoms with Crippen LogP contribution in [-0.2, 0) is 17.8 Å². The molecule has 1 amide bonds. The van der Waals surface area contributed by atoms with Crippen molar-refractivity contribution in [1.82, 2.24) is 15.2 Å². The van der Waals surface area contributed by atoms with Crippen molar-refractivity contribution in [2.45, 2.75) is 39.5 Å². The molecular formula is C23H32N4O2. The number of para-hydroxylation sites is 1. The van der Waals surface area contributed by atoms with Gasteiger partial charge in [0.1, 0.15) is 5.60 Å². The number of rotatable bonds is 6. The van der Waals surface area contributed by atoms with Crippen molar-refractivity contribution in [2.24, 2.45) is 0 Å². The van der Waals surface area contributed by atoms with E-state index in [4.69, 9.17) is 4.74 Å². The number of piperazine rings is 1. The summed E-state index contributed by atoms with van der Waals surface area (Å²) in [7, 11) is 0. The maximum Gasteiger partial charge on any atom is 0.410 e. The Hall–Kier alpha value is -2.57. The summed E-state index contributed by atoms with van der Waals surface area (Å²) in [5.74, 6) is 0. The first-order valence-electron chi connectivity index (χ1n) is 10.2. The Balaban J connectivity index is 1.44. The van der Waals surface area contributed by atoms with Crippen LogP contribution in [0.2, 0.25) is 0 Å². The van der Waals surface area contributed by atoms with E-state index in [-0.39, 0.29) is 6.09 Å². The molecule has 1 fully saturated rings. The predicted octanol–water partition coefficient (Wildman–Crippen LogP) is 3.86. The van der Waals surface area contributed by atoms with Gasteiger partial charge in [-0.2, -0.15) is 0 Å². The summed E-state index contributed by atoms with van der Waals surface area (Å²) in [6.45, 7) is 10.5. The lowest BCUT2D eigenvalue weighted by Crippen LogP contribution is -2.49. The molecule has 1 aliphatic heterocycles. The lowest BCUT2D eigenvalue weighted by molar-refractivity contribution is 0.0139. The third-order valence-electron chi connectivity index (χ3n) is 4.72. The first-order chi connectivity index (χ1) is 13.9. The van der Waals surface area contributed by atoms with Gasteiger partial charge < -0.3 is 15.1 Å². The number of nitrogens with one attached hydrogen (secondary N) is 2. The van der Waals surface area contributed by atoms with Gasteiger partial charge >= 0.3 is 6.09 Å². The fraction of sp³-hybridized carbons (Fsp3) is 0.435. The largest absolute Gasteiger partial charge is 0.444 e. The highest BCUT2D eigenvalue weighted by atomic mass is 16.6. The molecule has 1 saturated heterocycles. The van der Waals surface area contributed by atoms with Crippen molar-refractivity contribution >= 4 is 11.8 Å². The van der Waals surface area contributed by atoms with Crippen molar-refractivity contribution < 1.29 is 9.53 Å². The van der Waals surface area contributed by atoms with E-state index in [0.717, 1.165) is 31.9 Å². The lowest BCUT2D eigenvalue weighted by Gasteiger charge is -2.35. The number of hydrogen-bond acceptors (Lipinski definition) is 5. The second-order valence-corrected chi connectivity index (χ2v) is 8.41. The average molecular weight is 397 g/mol. The zero-order chi connectivity index (χ0) is 20.7. The highest BCUT2D eigenvalue weighted by molar-refractivity contribution is 5.68. The van der Waals surface area contributed by atoms with Gasteiger partial charge in [-0.05, 0) is 44.0 Å². The molecule has 0 aromatic heterocycles. The molecule has 156 valence electrons. The second-order valence-electron chi connectivity index (χ2n) is 8.41. The van der Waals surface area contributed by atoms with Crippen molar-refractivity contribution in [3.8, 4) is 0 Å².